The molecule has 1 saturated heterocycles. The number of carbonyl (C=O) groups is 3. The summed E-state index contributed by atoms with van der Waals surface area (Å²) in [6.45, 7) is 7.49. The van der Waals surface area contributed by atoms with Gasteiger partial charge in [0, 0.05) is 6.54 Å². The number of hydrogen-bond acceptors (Lipinski definition) is 6. The summed E-state index contributed by atoms with van der Waals surface area (Å²) < 4.78 is 15.8. The molecule has 2 amide bonds. The Balaban J connectivity index is 2.03. The largest absolute Gasteiger partial charge is 0.464 e. The molecule has 1 heterocycles. The number of alkyl carbamates (subject to hydrolysis) is 1. The minimum absolute atomic E-state index is 0.0931. The number of benzene rings is 1. The number of likely N-dealkylation sites (tertiary alicyclic amines) is 1. The number of carbonyl (C=O) groups excluding carboxylic acids is 3. The molecule has 0 bridgehead atoms. The lowest BCUT2D eigenvalue weighted by atomic mass is 9.98. The molecule has 2 rings (SSSR count). The van der Waals surface area contributed by atoms with Crippen molar-refractivity contribution in [3.8, 4) is 0 Å². The van der Waals surface area contributed by atoms with E-state index < -0.39 is 29.8 Å². The highest BCUT2D eigenvalue weighted by Crippen LogP contribution is 2.21. The minimum atomic E-state index is -0.741. The monoisotopic (exact) mass is 406 g/mol. The summed E-state index contributed by atoms with van der Waals surface area (Å²) in [5, 5.41) is 2.76. The van der Waals surface area contributed by atoms with Crippen LogP contribution in [0.5, 0.6) is 0 Å². The van der Waals surface area contributed by atoms with Crippen LogP contribution in [0.2, 0.25) is 0 Å². The van der Waals surface area contributed by atoms with E-state index in [0.717, 1.165) is 5.56 Å². The first-order valence-corrected chi connectivity index (χ1v) is 9.83. The fraction of sp³-hybridized carbons (Fsp3) is 0.571. The molecule has 8 nitrogen and oxygen atoms in total. The second-order valence-electron chi connectivity index (χ2n) is 7.88. The van der Waals surface area contributed by atoms with Crippen molar-refractivity contribution in [2.24, 2.45) is 0 Å². The third kappa shape index (κ3) is 7.29. The third-order valence-corrected chi connectivity index (χ3v) is 4.30. The lowest BCUT2D eigenvalue weighted by Gasteiger charge is -2.37. The summed E-state index contributed by atoms with van der Waals surface area (Å²) in [6, 6.07) is 8.19. The molecule has 0 radical (unpaired) electrons. The number of hydrogen-bond donors (Lipinski definition) is 1. The van der Waals surface area contributed by atoms with Crippen LogP contribution in [-0.4, -0.2) is 53.9 Å². The Hall–Kier alpha value is -2.77. The topological polar surface area (TPSA) is 94.2 Å². The van der Waals surface area contributed by atoms with Gasteiger partial charge in [-0.05, 0) is 46.1 Å². The Morgan fingerprint density at radius 3 is 2.41 bits per heavy atom. The van der Waals surface area contributed by atoms with Gasteiger partial charge in [0.1, 0.15) is 18.2 Å². The first-order chi connectivity index (χ1) is 13.7. The van der Waals surface area contributed by atoms with E-state index in [-0.39, 0.29) is 25.8 Å². The molecule has 1 aromatic carbocycles. The molecule has 1 aliphatic rings. The van der Waals surface area contributed by atoms with E-state index in [1.54, 1.807) is 27.7 Å². The van der Waals surface area contributed by atoms with Crippen LogP contribution in [0.25, 0.3) is 0 Å². The maximum absolute atomic E-state index is 12.7. The zero-order valence-corrected chi connectivity index (χ0v) is 17.5. The van der Waals surface area contributed by atoms with Gasteiger partial charge in [-0.2, -0.15) is 0 Å². The summed E-state index contributed by atoms with van der Waals surface area (Å²) in [5.74, 6) is -0.472. The predicted octanol–water partition coefficient (Wildman–Crippen LogP) is 3.24. The summed E-state index contributed by atoms with van der Waals surface area (Å²) in [6.07, 6.45) is -0.303. The number of nitrogens with zero attached hydrogens (tertiary/aromatic N) is 1. The summed E-state index contributed by atoms with van der Waals surface area (Å²) in [4.78, 5) is 38.4. The van der Waals surface area contributed by atoms with Crippen LogP contribution in [0.15, 0.2) is 30.3 Å². The van der Waals surface area contributed by atoms with Crippen LogP contribution in [0, 0.1) is 0 Å². The average molecular weight is 406 g/mol. The normalized spacial score (nSPS) is 19.2. The molecule has 160 valence electrons. The van der Waals surface area contributed by atoms with Crippen molar-refractivity contribution < 1.29 is 28.6 Å². The third-order valence-electron chi connectivity index (χ3n) is 4.30. The van der Waals surface area contributed by atoms with Gasteiger partial charge in [-0.15, -0.1) is 0 Å². The van der Waals surface area contributed by atoms with Crippen LogP contribution in [0.3, 0.4) is 0 Å². The second-order valence-corrected chi connectivity index (χ2v) is 7.88. The number of esters is 1. The Bertz CT molecular complexity index is 701. The summed E-state index contributed by atoms with van der Waals surface area (Å²) >= 11 is 0. The number of nitrogens with one attached hydrogen (secondary N) is 1. The molecule has 1 aromatic rings. The first-order valence-electron chi connectivity index (χ1n) is 9.83. The first kappa shape index (κ1) is 22.5. The Morgan fingerprint density at radius 1 is 1.10 bits per heavy atom. The predicted molar refractivity (Wildman–Crippen MR) is 106 cm³/mol. The molecule has 1 aliphatic heterocycles. The lowest BCUT2D eigenvalue weighted by molar-refractivity contribution is -0.150. The van der Waals surface area contributed by atoms with Crippen LogP contribution in [0.1, 0.15) is 46.1 Å². The van der Waals surface area contributed by atoms with E-state index in [1.165, 1.54) is 4.90 Å². The Kier molecular flexibility index (Phi) is 7.87. The molecule has 0 aromatic heterocycles. The van der Waals surface area contributed by atoms with Gasteiger partial charge >= 0.3 is 18.2 Å². The van der Waals surface area contributed by atoms with Crippen molar-refractivity contribution in [2.45, 2.75) is 64.8 Å². The molecule has 2 unspecified atom stereocenters. The van der Waals surface area contributed by atoms with Gasteiger partial charge < -0.3 is 19.5 Å². The van der Waals surface area contributed by atoms with Crippen LogP contribution < -0.4 is 5.32 Å². The van der Waals surface area contributed by atoms with E-state index in [0.29, 0.717) is 12.8 Å². The fourth-order valence-electron chi connectivity index (χ4n) is 3.05. The number of piperidine rings is 1. The molecule has 2 atom stereocenters. The fourth-order valence-corrected chi connectivity index (χ4v) is 3.05. The maximum atomic E-state index is 12.7. The van der Waals surface area contributed by atoms with E-state index in [4.69, 9.17) is 14.2 Å². The average Bonchev–Trinajstić information content (AvgIpc) is 2.65. The number of ether oxygens (including phenoxy) is 3. The van der Waals surface area contributed by atoms with Crippen molar-refractivity contribution in [2.75, 3.05) is 13.2 Å². The quantitative estimate of drug-likeness (QED) is 0.596. The number of rotatable bonds is 5. The van der Waals surface area contributed by atoms with E-state index >= 15 is 0 Å². The van der Waals surface area contributed by atoms with Gasteiger partial charge in [-0.1, -0.05) is 30.3 Å². The molecule has 0 aliphatic carbocycles. The highest BCUT2D eigenvalue weighted by atomic mass is 16.6. The second kappa shape index (κ2) is 10.1. The molecule has 1 fully saturated rings. The van der Waals surface area contributed by atoms with Crippen LogP contribution in [-0.2, 0) is 25.6 Å². The Labute approximate surface area is 171 Å². The van der Waals surface area contributed by atoms with Gasteiger partial charge in [0.25, 0.3) is 0 Å². The smallest absolute Gasteiger partial charge is 0.410 e. The van der Waals surface area contributed by atoms with Gasteiger partial charge in [0.2, 0.25) is 0 Å². The highest BCUT2D eigenvalue weighted by Gasteiger charge is 2.38. The van der Waals surface area contributed by atoms with Crippen LogP contribution in [0.4, 0.5) is 9.59 Å². The van der Waals surface area contributed by atoms with Gasteiger partial charge in [-0.3, -0.25) is 4.90 Å². The zero-order chi connectivity index (χ0) is 21.4. The molecule has 1 N–H and O–H groups in total. The molecule has 29 heavy (non-hydrogen) atoms. The zero-order valence-electron chi connectivity index (χ0n) is 17.5. The van der Waals surface area contributed by atoms with E-state index in [2.05, 4.69) is 5.32 Å². The van der Waals surface area contributed by atoms with Gasteiger partial charge in [-0.25, -0.2) is 14.4 Å². The van der Waals surface area contributed by atoms with Crippen molar-refractivity contribution in [1.82, 2.24) is 10.2 Å². The molecular formula is C21H30N2O6. The van der Waals surface area contributed by atoms with Gasteiger partial charge in [0.05, 0.1) is 12.6 Å². The molecule has 0 saturated carbocycles. The SMILES string of the molecule is CCOC(=O)C1CCC(NC(=O)OC(C)(C)C)CN1C(=O)OCc1ccccc1. The maximum Gasteiger partial charge on any atom is 0.410 e. The van der Waals surface area contributed by atoms with E-state index in [1.807, 2.05) is 30.3 Å². The number of amides is 2. The van der Waals surface area contributed by atoms with Gasteiger partial charge in [0.15, 0.2) is 0 Å². The molecular weight excluding hydrogens is 376 g/mol. The minimum Gasteiger partial charge on any atom is -0.464 e. The van der Waals surface area contributed by atoms with Crippen LogP contribution >= 0.6 is 0 Å². The van der Waals surface area contributed by atoms with Crippen molar-refractivity contribution in [3.05, 3.63) is 35.9 Å². The summed E-state index contributed by atoms with van der Waals surface area (Å²) in [7, 11) is 0. The molecule has 0 spiro atoms. The van der Waals surface area contributed by atoms with Crippen molar-refractivity contribution in [1.29, 1.82) is 0 Å². The van der Waals surface area contributed by atoms with E-state index in [9.17, 15) is 14.4 Å². The van der Waals surface area contributed by atoms with Crippen molar-refractivity contribution in [3.63, 3.8) is 0 Å². The standard InChI is InChI=1S/C21H30N2O6/c1-5-27-18(24)17-12-11-16(22-19(25)29-21(2,3)4)13-23(17)20(26)28-14-15-9-7-6-8-10-15/h6-10,16-17H,5,11-14H2,1-4H3,(H,22,25). The lowest BCUT2D eigenvalue weighted by Crippen LogP contribution is -2.57. The highest BCUT2D eigenvalue weighted by molar-refractivity contribution is 5.82. The molecule has 8 heteroatoms. The van der Waals surface area contributed by atoms with Crippen molar-refractivity contribution >= 4 is 18.2 Å². The Morgan fingerprint density at radius 2 is 1.79 bits per heavy atom. The summed E-state index contributed by atoms with van der Waals surface area (Å²) in [5.41, 5.74) is 0.217.